The van der Waals surface area contributed by atoms with Gasteiger partial charge in [-0.2, -0.15) is 0 Å². The number of fused-ring (bicyclic) bond motifs is 3. The van der Waals surface area contributed by atoms with Crippen LogP contribution >= 0.6 is 0 Å². The molecule has 0 saturated heterocycles. The summed E-state index contributed by atoms with van der Waals surface area (Å²) >= 11 is 0. The third-order valence-electron chi connectivity index (χ3n) is 6.21. The highest BCUT2D eigenvalue weighted by molar-refractivity contribution is 5.69. The Morgan fingerprint density at radius 2 is 1.58 bits per heavy atom. The van der Waals surface area contributed by atoms with Crippen LogP contribution in [0.15, 0.2) is 23.8 Å². The van der Waals surface area contributed by atoms with E-state index in [4.69, 9.17) is 23.7 Å². The number of esters is 3. The second-order valence-corrected chi connectivity index (χ2v) is 8.19. The number of carbonyl (C=O) groups is 3. The summed E-state index contributed by atoms with van der Waals surface area (Å²) in [5.74, 6) is -0.571. The Hall–Kier alpha value is -3.07. The smallest absolute Gasteiger partial charge is 0.303 e. The highest BCUT2D eigenvalue weighted by Crippen LogP contribution is 2.51. The lowest BCUT2D eigenvalue weighted by Crippen LogP contribution is -2.60. The topological polar surface area (TPSA) is 101 Å². The molecule has 3 heterocycles. The van der Waals surface area contributed by atoms with Crippen molar-refractivity contribution in [2.45, 2.75) is 57.6 Å². The minimum atomic E-state index is -0.964. The first-order valence-corrected chi connectivity index (χ1v) is 10.2. The first-order chi connectivity index (χ1) is 14.8. The van der Waals surface area contributed by atoms with Crippen LogP contribution in [-0.4, -0.2) is 60.5 Å². The van der Waals surface area contributed by atoms with Crippen molar-refractivity contribution in [3.05, 3.63) is 34.9 Å². The molecule has 3 aliphatic heterocycles. The monoisotopic (exact) mass is 429 g/mol. The lowest BCUT2D eigenvalue weighted by atomic mass is 9.69. The maximum absolute atomic E-state index is 12.1. The van der Waals surface area contributed by atoms with Gasteiger partial charge in [-0.05, 0) is 28.8 Å². The summed E-state index contributed by atoms with van der Waals surface area (Å²) < 4.78 is 28.1. The number of nitrogens with zero attached hydrogens (tertiary/aromatic N) is 1. The van der Waals surface area contributed by atoms with E-state index in [2.05, 4.69) is 4.90 Å². The Morgan fingerprint density at radius 3 is 2.26 bits per heavy atom. The molecule has 1 aliphatic carbocycles. The first-order valence-electron chi connectivity index (χ1n) is 10.2. The summed E-state index contributed by atoms with van der Waals surface area (Å²) in [6, 6.07) is 3.71. The van der Waals surface area contributed by atoms with Crippen LogP contribution in [0.2, 0.25) is 0 Å². The molecule has 9 nitrogen and oxygen atoms in total. The molecule has 1 saturated carbocycles. The molecule has 31 heavy (non-hydrogen) atoms. The highest BCUT2D eigenvalue weighted by Gasteiger charge is 2.58. The standard InChI is InChI=1S/C22H23NO8/c1-10(24)29-20-14-4-5-23-8-13-6-16-17(28-9-27-16)7-15(13)18(19(14)23)21(30-11(2)25)22(20)31-12(3)26/h4,6-7,18-22H,5,8-9H2,1-3H3/t18-,19+,20+,21-,22-/m0/s1. The zero-order valence-electron chi connectivity index (χ0n) is 17.5. The van der Waals surface area contributed by atoms with Crippen molar-refractivity contribution < 1.29 is 38.1 Å². The second-order valence-electron chi connectivity index (χ2n) is 8.19. The zero-order chi connectivity index (χ0) is 21.9. The van der Waals surface area contributed by atoms with Crippen LogP contribution in [0.1, 0.15) is 37.8 Å². The predicted molar refractivity (Wildman–Crippen MR) is 104 cm³/mol. The largest absolute Gasteiger partial charge is 0.458 e. The maximum Gasteiger partial charge on any atom is 0.303 e. The molecule has 0 radical (unpaired) electrons. The van der Waals surface area contributed by atoms with Crippen molar-refractivity contribution in [2.75, 3.05) is 13.3 Å². The number of hydrogen-bond acceptors (Lipinski definition) is 9. The molecule has 4 aliphatic rings. The van der Waals surface area contributed by atoms with E-state index >= 15 is 0 Å². The van der Waals surface area contributed by atoms with Crippen LogP contribution in [0.25, 0.3) is 0 Å². The number of carbonyl (C=O) groups excluding carboxylic acids is 3. The number of rotatable bonds is 3. The van der Waals surface area contributed by atoms with Gasteiger partial charge in [-0.1, -0.05) is 6.08 Å². The number of ether oxygens (including phenoxy) is 5. The van der Waals surface area contributed by atoms with Crippen molar-refractivity contribution in [1.82, 2.24) is 4.90 Å². The van der Waals surface area contributed by atoms with Gasteiger partial charge in [-0.3, -0.25) is 19.3 Å². The van der Waals surface area contributed by atoms with Crippen LogP contribution in [0.3, 0.4) is 0 Å². The lowest BCUT2D eigenvalue weighted by Gasteiger charge is -2.50. The minimum absolute atomic E-state index is 0.152. The molecule has 1 fully saturated rings. The fourth-order valence-corrected chi connectivity index (χ4v) is 5.27. The summed E-state index contributed by atoms with van der Waals surface area (Å²) in [5, 5.41) is 0. The third-order valence-corrected chi connectivity index (χ3v) is 6.21. The van der Waals surface area contributed by atoms with Gasteiger partial charge in [0.05, 0.1) is 0 Å². The van der Waals surface area contributed by atoms with Crippen molar-refractivity contribution >= 4 is 17.9 Å². The summed E-state index contributed by atoms with van der Waals surface area (Å²) in [5.41, 5.74) is 2.84. The molecule has 5 atom stereocenters. The lowest BCUT2D eigenvalue weighted by molar-refractivity contribution is -0.189. The Kier molecular flexibility index (Phi) is 4.65. The summed E-state index contributed by atoms with van der Waals surface area (Å²) in [6.45, 7) is 5.35. The van der Waals surface area contributed by atoms with Crippen LogP contribution in [-0.2, 0) is 35.1 Å². The first kappa shape index (κ1) is 19.9. The van der Waals surface area contributed by atoms with E-state index in [-0.39, 0.29) is 18.8 Å². The summed E-state index contributed by atoms with van der Waals surface area (Å²) in [4.78, 5) is 38.2. The molecular formula is C22H23NO8. The van der Waals surface area contributed by atoms with E-state index in [0.717, 1.165) is 16.7 Å². The molecule has 9 heteroatoms. The maximum atomic E-state index is 12.1. The average Bonchev–Trinajstić information content (AvgIpc) is 3.31. The molecule has 0 amide bonds. The Balaban J connectivity index is 1.66. The van der Waals surface area contributed by atoms with Crippen LogP contribution in [0, 0.1) is 0 Å². The molecule has 0 spiro atoms. The van der Waals surface area contributed by atoms with Crippen molar-refractivity contribution in [2.24, 2.45) is 0 Å². The highest BCUT2D eigenvalue weighted by atomic mass is 16.7. The van der Waals surface area contributed by atoms with Crippen LogP contribution in [0.4, 0.5) is 0 Å². The van der Waals surface area contributed by atoms with E-state index in [1.54, 1.807) is 0 Å². The van der Waals surface area contributed by atoms with E-state index in [9.17, 15) is 14.4 Å². The average molecular weight is 429 g/mol. The van der Waals surface area contributed by atoms with Crippen molar-refractivity contribution in [1.29, 1.82) is 0 Å². The van der Waals surface area contributed by atoms with Gasteiger partial charge in [-0.25, -0.2) is 0 Å². The second kappa shape index (κ2) is 7.26. The summed E-state index contributed by atoms with van der Waals surface area (Å²) in [7, 11) is 0. The van der Waals surface area contributed by atoms with Gasteiger partial charge in [0.15, 0.2) is 29.8 Å². The van der Waals surface area contributed by atoms with E-state index in [0.29, 0.717) is 24.6 Å². The molecule has 1 aromatic rings. The van der Waals surface area contributed by atoms with Crippen LogP contribution in [0.5, 0.6) is 11.5 Å². The van der Waals surface area contributed by atoms with Crippen molar-refractivity contribution in [3.8, 4) is 11.5 Å². The molecular weight excluding hydrogens is 406 g/mol. The predicted octanol–water partition coefficient (Wildman–Crippen LogP) is 1.43. The van der Waals surface area contributed by atoms with Gasteiger partial charge in [0, 0.05) is 45.8 Å². The van der Waals surface area contributed by atoms with Crippen molar-refractivity contribution in [3.63, 3.8) is 0 Å². The molecule has 0 unspecified atom stereocenters. The quantitative estimate of drug-likeness (QED) is 0.401. The fourth-order valence-electron chi connectivity index (χ4n) is 5.27. The minimum Gasteiger partial charge on any atom is -0.458 e. The molecule has 1 aromatic carbocycles. The fraction of sp³-hybridized carbons (Fsp3) is 0.500. The number of benzene rings is 1. The van der Waals surface area contributed by atoms with Gasteiger partial charge in [0.2, 0.25) is 6.79 Å². The van der Waals surface area contributed by atoms with Gasteiger partial charge < -0.3 is 23.7 Å². The normalized spacial score (nSPS) is 30.0. The van der Waals surface area contributed by atoms with Crippen LogP contribution < -0.4 is 9.47 Å². The Labute approximate surface area is 178 Å². The van der Waals surface area contributed by atoms with Gasteiger partial charge in [0.25, 0.3) is 0 Å². The van der Waals surface area contributed by atoms with E-state index < -0.39 is 36.2 Å². The zero-order valence-corrected chi connectivity index (χ0v) is 17.5. The molecule has 0 aromatic heterocycles. The molecule has 164 valence electrons. The third kappa shape index (κ3) is 3.23. The van der Waals surface area contributed by atoms with Gasteiger partial charge in [-0.15, -0.1) is 0 Å². The molecule has 0 bridgehead atoms. The molecule has 5 rings (SSSR count). The van der Waals surface area contributed by atoms with E-state index in [1.807, 2.05) is 18.2 Å². The molecule has 0 N–H and O–H groups in total. The van der Waals surface area contributed by atoms with E-state index in [1.165, 1.54) is 20.8 Å². The Morgan fingerprint density at radius 1 is 0.935 bits per heavy atom. The van der Waals surface area contributed by atoms with Gasteiger partial charge >= 0.3 is 17.9 Å². The SMILES string of the molecule is CC(=O)O[C@@H]1[C@@H](OC(C)=O)[C@H](OC(C)=O)C2=CCN3Cc4cc5c(cc4[C@H]1[C@@H]23)OCO5. The van der Waals surface area contributed by atoms with Gasteiger partial charge in [0.1, 0.15) is 0 Å². The Bertz CT molecular complexity index is 1000. The number of hydrogen-bond donors (Lipinski definition) is 0. The summed E-state index contributed by atoms with van der Waals surface area (Å²) in [6.07, 6.45) is -0.618.